The highest BCUT2D eigenvalue weighted by Gasteiger charge is 2.37. The fraction of sp³-hybridized carbons (Fsp3) is 0.538. The molecule has 1 aliphatic carbocycles. The first kappa shape index (κ1) is 11.3. The van der Waals surface area contributed by atoms with Gasteiger partial charge in [-0.05, 0) is 30.7 Å². The summed E-state index contributed by atoms with van der Waals surface area (Å²) in [5.74, 6) is 1.12. The highest BCUT2D eigenvalue weighted by Crippen LogP contribution is 2.40. The van der Waals surface area contributed by atoms with Crippen molar-refractivity contribution in [1.29, 1.82) is 0 Å². The summed E-state index contributed by atoms with van der Waals surface area (Å²) in [5, 5.41) is 9.07. The van der Waals surface area contributed by atoms with Crippen molar-refractivity contribution in [3.8, 4) is 0 Å². The van der Waals surface area contributed by atoms with Gasteiger partial charge in [0.05, 0.1) is 11.3 Å². The number of hydrogen-bond donors (Lipinski definition) is 2. The maximum Gasteiger partial charge on any atom is 0.337 e. The lowest BCUT2D eigenvalue weighted by Crippen LogP contribution is -2.24. The number of fused-ring (bicyclic) bond motifs is 1. The number of pyridine rings is 1. The van der Waals surface area contributed by atoms with Gasteiger partial charge in [-0.15, -0.1) is 0 Å². The van der Waals surface area contributed by atoms with Crippen LogP contribution in [0.15, 0.2) is 12.3 Å². The first-order valence-electron chi connectivity index (χ1n) is 6.39. The third-order valence-corrected chi connectivity index (χ3v) is 4.23. The van der Waals surface area contributed by atoms with Crippen molar-refractivity contribution in [3.63, 3.8) is 0 Å². The van der Waals surface area contributed by atoms with E-state index < -0.39 is 5.97 Å². The maximum absolute atomic E-state index is 11.1. The number of aromatic carboxylic acids is 1. The molecule has 1 aliphatic heterocycles. The summed E-state index contributed by atoms with van der Waals surface area (Å²) in [7, 11) is 0. The molecule has 2 fully saturated rings. The lowest BCUT2D eigenvalue weighted by molar-refractivity contribution is 0.0698. The summed E-state index contributed by atoms with van der Waals surface area (Å²) >= 11 is 0. The van der Waals surface area contributed by atoms with Crippen molar-refractivity contribution in [2.24, 2.45) is 11.8 Å². The predicted octanol–water partition coefficient (Wildman–Crippen LogP) is 1.60. The second kappa shape index (κ2) is 4.15. The third-order valence-electron chi connectivity index (χ3n) is 4.23. The number of hydrogen-bond acceptors (Lipinski definition) is 4. The molecule has 1 aromatic heterocycles. The number of carboxylic acid groups (broad SMARTS) is 1. The summed E-state index contributed by atoms with van der Waals surface area (Å²) in [4.78, 5) is 17.5. The van der Waals surface area contributed by atoms with Gasteiger partial charge in [-0.2, -0.15) is 0 Å². The Hall–Kier alpha value is -1.78. The van der Waals surface area contributed by atoms with Crippen LogP contribution in [0.5, 0.6) is 0 Å². The zero-order chi connectivity index (χ0) is 12.7. The van der Waals surface area contributed by atoms with E-state index in [4.69, 9.17) is 10.8 Å². The monoisotopic (exact) mass is 247 g/mol. The number of nitrogens with two attached hydrogens (primary N) is 1. The van der Waals surface area contributed by atoms with E-state index in [2.05, 4.69) is 9.88 Å². The molecule has 0 amide bonds. The molecule has 0 aromatic carbocycles. The average Bonchev–Trinajstić information content (AvgIpc) is 2.89. The highest BCUT2D eigenvalue weighted by atomic mass is 16.4. The molecule has 1 saturated heterocycles. The van der Waals surface area contributed by atoms with Gasteiger partial charge >= 0.3 is 5.97 Å². The maximum atomic E-state index is 11.1. The van der Waals surface area contributed by atoms with Gasteiger partial charge in [0.2, 0.25) is 0 Å². The van der Waals surface area contributed by atoms with Crippen LogP contribution in [0.4, 0.5) is 11.5 Å². The van der Waals surface area contributed by atoms with Crippen molar-refractivity contribution in [2.75, 3.05) is 23.7 Å². The van der Waals surface area contributed by atoms with Gasteiger partial charge in [0.25, 0.3) is 0 Å². The van der Waals surface area contributed by atoms with Gasteiger partial charge in [0.1, 0.15) is 0 Å². The van der Waals surface area contributed by atoms with Crippen LogP contribution < -0.4 is 10.6 Å². The number of carbonyl (C=O) groups is 1. The summed E-state index contributed by atoms with van der Waals surface area (Å²) in [5.41, 5.74) is 6.38. The fourth-order valence-corrected chi connectivity index (χ4v) is 3.31. The molecule has 0 spiro atoms. The quantitative estimate of drug-likeness (QED) is 0.829. The summed E-state index contributed by atoms with van der Waals surface area (Å²) in [6.45, 7) is 1.93. The number of aromatic nitrogens is 1. The topological polar surface area (TPSA) is 79.5 Å². The van der Waals surface area contributed by atoms with Crippen LogP contribution in [0, 0.1) is 11.8 Å². The lowest BCUT2D eigenvalue weighted by Gasteiger charge is -2.20. The van der Waals surface area contributed by atoms with Crippen molar-refractivity contribution in [1.82, 2.24) is 4.98 Å². The largest absolute Gasteiger partial charge is 0.478 e. The Bertz CT molecular complexity index is 477. The molecule has 2 heterocycles. The van der Waals surface area contributed by atoms with E-state index in [1.165, 1.54) is 31.5 Å². The molecule has 2 atom stereocenters. The Morgan fingerprint density at radius 2 is 2.06 bits per heavy atom. The summed E-state index contributed by atoms with van der Waals surface area (Å²) in [6, 6.07) is 1.46. The predicted molar refractivity (Wildman–Crippen MR) is 68.7 cm³/mol. The molecule has 1 aromatic rings. The van der Waals surface area contributed by atoms with Crippen molar-refractivity contribution in [3.05, 3.63) is 17.8 Å². The molecule has 1 saturated carbocycles. The van der Waals surface area contributed by atoms with Crippen molar-refractivity contribution in [2.45, 2.75) is 19.3 Å². The molecule has 3 rings (SSSR count). The minimum atomic E-state index is -0.990. The van der Waals surface area contributed by atoms with Gasteiger partial charge in [-0.25, -0.2) is 9.78 Å². The van der Waals surface area contributed by atoms with E-state index in [1.54, 1.807) is 0 Å². The van der Waals surface area contributed by atoms with Gasteiger partial charge < -0.3 is 15.7 Å². The minimum absolute atomic E-state index is 0.150. The van der Waals surface area contributed by atoms with E-state index in [9.17, 15) is 4.79 Å². The molecular weight excluding hydrogens is 230 g/mol. The smallest absolute Gasteiger partial charge is 0.337 e. The number of anilines is 2. The summed E-state index contributed by atoms with van der Waals surface area (Å²) in [6.07, 6.45) is 5.41. The molecule has 5 nitrogen and oxygen atoms in total. The number of nitrogen functional groups attached to an aromatic ring is 1. The third kappa shape index (κ3) is 1.70. The van der Waals surface area contributed by atoms with Gasteiger partial charge in [0.15, 0.2) is 5.82 Å². The molecule has 2 aliphatic rings. The molecule has 0 bridgehead atoms. The fourth-order valence-electron chi connectivity index (χ4n) is 3.31. The van der Waals surface area contributed by atoms with Crippen LogP contribution >= 0.6 is 0 Å². The van der Waals surface area contributed by atoms with E-state index in [1.807, 2.05) is 0 Å². The molecule has 2 unspecified atom stereocenters. The Labute approximate surface area is 106 Å². The molecule has 3 N–H and O–H groups in total. The Balaban J connectivity index is 1.89. The average molecular weight is 247 g/mol. The zero-order valence-corrected chi connectivity index (χ0v) is 10.2. The molecule has 5 heteroatoms. The van der Waals surface area contributed by atoms with Crippen LogP contribution in [0.1, 0.15) is 29.6 Å². The Kier molecular flexibility index (Phi) is 2.61. The second-order valence-electron chi connectivity index (χ2n) is 5.26. The van der Waals surface area contributed by atoms with Crippen LogP contribution in [-0.2, 0) is 0 Å². The zero-order valence-electron chi connectivity index (χ0n) is 10.2. The van der Waals surface area contributed by atoms with Gasteiger partial charge in [-0.3, -0.25) is 0 Å². The Morgan fingerprint density at radius 1 is 1.39 bits per heavy atom. The number of carboxylic acids is 1. The standard InChI is InChI=1S/C13H17N3O2/c14-11-10(13(17)18)4-5-15-12(11)16-6-8-2-1-3-9(8)7-16/h4-5,8-9H,1-3,6-7,14H2,(H,17,18). The number of rotatable bonds is 2. The van der Waals surface area contributed by atoms with Crippen LogP contribution in [0.2, 0.25) is 0 Å². The van der Waals surface area contributed by atoms with E-state index in [0.717, 1.165) is 24.9 Å². The van der Waals surface area contributed by atoms with Crippen molar-refractivity contribution < 1.29 is 9.90 Å². The SMILES string of the molecule is Nc1c(C(=O)O)ccnc1N1CC2CCCC2C1. The van der Waals surface area contributed by atoms with Crippen LogP contribution in [0.25, 0.3) is 0 Å². The second-order valence-corrected chi connectivity index (χ2v) is 5.26. The van der Waals surface area contributed by atoms with E-state index >= 15 is 0 Å². The normalized spacial score (nSPS) is 26.3. The highest BCUT2D eigenvalue weighted by molar-refractivity contribution is 5.96. The van der Waals surface area contributed by atoms with Crippen LogP contribution in [-0.4, -0.2) is 29.1 Å². The van der Waals surface area contributed by atoms with Crippen LogP contribution in [0.3, 0.4) is 0 Å². The molecule has 96 valence electrons. The van der Waals surface area contributed by atoms with Crippen molar-refractivity contribution >= 4 is 17.5 Å². The minimum Gasteiger partial charge on any atom is -0.478 e. The summed E-state index contributed by atoms with van der Waals surface area (Å²) < 4.78 is 0. The molecule has 0 radical (unpaired) electrons. The molecule has 18 heavy (non-hydrogen) atoms. The molecular formula is C13H17N3O2. The van der Waals surface area contributed by atoms with E-state index in [-0.39, 0.29) is 5.56 Å². The number of nitrogens with zero attached hydrogens (tertiary/aromatic N) is 2. The lowest BCUT2D eigenvalue weighted by atomic mass is 10.0. The first-order valence-corrected chi connectivity index (χ1v) is 6.39. The Morgan fingerprint density at radius 3 is 2.67 bits per heavy atom. The first-order chi connectivity index (χ1) is 8.66. The van der Waals surface area contributed by atoms with E-state index in [0.29, 0.717) is 11.5 Å². The van der Waals surface area contributed by atoms with Gasteiger partial charge in [-0.1, -0.05) is 6.42 Å². The van der Waals surface area contributed by atoms with Gasteiger partial charge in [0, 0.05) is 19.3 Å².